The summed E-state index contributed by atoms with van der Waals surface area (Å²) in [6.07, 6.45) is 0.686. The number of benzene rings is 2. The number of aromatic nitrogens is 1. The maximum absolute atomic E-state index is 12.1. The number of carbonyl (C=O) groups excluding carboxylic acids is 1. The third-order valence-electron chi connectivity index (χ3n) is 4.03. The van der Waals surface area contributed by atoms with E-state index in [1.165, 1.54) is 0 Å². The van der Waals surface area contributed by atoms with Gasteiger partial charge in [0.05, 0.1) is 0 Å². The van der Waals surface area contributed by atoms with Crippen LogP contribution in [0.25, 0.3) is 10.9 Å². The van der Waals surface area contributed by atoms with Gasteiger partial charge in [-0.25, -0.2) is 0 Å². The Morgan fingerprint density at radius 3 is 2.46 bits per heavy atom. The number of hydrogen-bond acceptors (Lipinski definition) is 2. The minimum atomic E-state index is -0.130. The lowest BCUT2D eigenvalue weighted by Crippen LogP contribution is -2.17. The summed E-state index contributed by atoms with van der Waals surface area (Å²) in [4.78, 5) is 27.1. The molecule has 4 heteroatoms. The first kappa shape index (κ1) is 16.0. The van der Waals surface area contributed by atoms with E-state index in [1.54, 1.807) is 0 Å². The van der Waals surface area contributed by atoms with Crippen LogP contribution < -0.4 is 10.9 Å². The van der Waals surface area contributed by atoms with Crippen molar-refractivity contribution in [2.24, 2.45) is 0 Å². The Morgan fingerprint density at radius 1 is 1.00 bits per heavy atom. The van der Waals surface area contributed by atoms with Gasteiger partial charge in [-0.05, 0) is 56.0 Å². The second kappa shape index (κ2) is 6.71. The number of hydrogen-bond donors (Lipinski definition) is 2. The average molecular weight is 320 g/mol. The second-order valence-corrected chi connectivity index (χ2v) is 6.13. The minimum absolute atomic E-state index is 0.0948. The van der Waals surface area contributed by atoms with Crippen molar-refractivity contribution in [3.63, 3.8) is 0 Å². The highest BCUT2D eigenvalue weighted by atomic mass is 16.1. The Hall–Kier alpha value is -2.88. The van der Waals surface area contributed by atoms with Gasteiger partial charge in [0.25, 0.3) is 5.56 Å². The molecule has 1 heterocycles. The van der Waals surface area contributed by atoms with Crippen molar-refractivity contribution in [1.82, 2.24) is 4.98 Å². The lowest BCUT2D eigenvalue weighted by atomic mass is 10.1. The number of H-pyrrole nitrogens is 1. The molecule has 2 N–H and O–H groups in total. The van der Waals surface area contributed by atoms with E-state index in [4.69, 9.17) is 0 Å². The molecule has 3 aromatic rings. The molecule has 4 nitrogen and oxygen atoms in total. The van der Waals surface area contributed by atoms with E-state index >= 15 is 0 Å². The van der Waals surface area contributed by atoms with Crippen LogP contribution in [0.4, 0.5) is 5.69 Å². The second-order valence-electron chi connectivity index (χ2n) is 6.13. The fraction of sp³-hybridized carbons (Fsp3) is 0.200. The maximum atomic E-state index is 12.1. The number of fused-ring (bicyclic) bond motifs is 1. The molecule has 0 spiro atoms. The van der Waals surface area contributed by atoms with Gasteiger partial charge in [0.2, 0.25) is 5.91 Å². The van der Waals surface area contributed by atoms with E-state index in [0.717, 1.165) is 27.7 Å². The summed E-state index contributed by atoms with van der Waals surface area (Å²) >= 11 is 0. The number of rotatable bonds is 4. The smallest absolute Gasteiger partial charge is 0.251 e. The summed E-state index contributed by atoms with van der Waals surface area (Å²) in [5.74, 6) is -0.0948. The van der Waals surface area contributed by atoms with Crippen LogP contribution in [0, 0.1) is 13.8 Å². The maximum Gasteiger partial charge on any atom is 0.251 e. The first-order valence-corrected chi connectivity index (χ1v) is 8.00. The summed E-state index contributed by atoms with van der Waals surface area (Å²) in [5.41, 5.74) is 4.37. The summed E-state index contributed by atoms with van der Waals surface area (Å²) in [6.45, 7) is 4.01. The van der Waals surface area contributed by atoms with Gasteiger partial charge in [-0.15, -0.1) is 0 Å². The Kier molecular flexibility index (Phi) is 4.47. The van der Waals surface area contributed by atoms with Crippen LogP contribution in [0.15, 0.2) is 53.3 Å². The number of aromatic amines is 1. The van der Waals surface area contributed by atoms with Crippen LogP contribution in [-0.2, 0) is 11.2 Å². The third kappa shape index (κ3) is 3.71. The molecular formula is C20H20N2O2. The summed E-state index contributed by atoms with van der Waals surface area (Å²) in [5, 5.41) is 3.84. The van der Waals surface area contributed by atoms with Gasteiger partial charge in [-0.1, -0.05) is 29.3 Å². The predicted molar refractivity (Wildman–Crippen MR) is 97.4 cm³/mol. The number of amides is 1. The zero-order chi connectivity index (χ0) is 17.1. The molecule has 0 aliphatic rings. The van der Waals surface area contributed by atoms with Crippen molar-refractivity contribution < 1.29 is 4.79 Å². The fourth-order valence-corrected chi connectivity index (χ4v) is 2.67. The van der Waals surface area contributed by atoms with E-state index in [9.17, 15) is 9.59 Å². The molecule has 0 saturated carbocycles. The summed E-state index contributed by atoms with van der Waals surface area (Å²) < 4.78 is 0. The highest BCUT2D eigenvalue weighted by Gasteiger charge is 2.07. The van der Waals surface area contributed by atoms with Crippen LogP contribution in [-0.4, -0.2) is 10.9 Å². The molecule has 0 fully saturated rings. The standard InChI is InChI=1S/C20H20N2O2/c1-13-3-7-17(8-4-13)21-19(23)10-6-15-12-16-11-14(2)5-9-18(16)22-20(15)24/h3-5,7-9,11-12H,6,10H2,1-2H3,(H,21,23)(H,22,24). The molecule has 0 atom stereocenters. The molecule has 0 aliphatic heterocycles. The van der Waals surface area contributed by atoms with Crippen molar-refractivity contribution in [2.75, 3.05) is 5.32 Å². The first-order chi connectivity index (χ1) is 11.5. The van der Waals surface area contributed by atoms with Crippen molar-refractivity contribution in [3.8, 4) is 0 Å². The van der Waals surface area contributed by atoms with Crippen LogP contribution in [0.1, 0.15) is 23.1 Å². The first-order valence-electron chi connectivity index (χ1n) is 8.00. The number of aryl methyl sites for hydroxylation is 3. The normalized spacial score (nSPS) is 10.8. The highest BCUT2D eigenvalue weighted by Crippen LogP contribution is 2.14. The predicted octanol–water partition coefficient (Wildman–Crippen LogP) is 3.72. The van der Waals surface area contributed by atoms with E-state index in [0.29, 0.717) is 12.0 Å². The number of pyridine rings is 1. The van der Waals surface area contributed by atoms with E-state index in [2.05, 4.69) is 10.3 Å². The van der Waals surface area contributed by atoms with Gasteiger partial charge < -0.3 is 10.3 Å². The van der Waals surface area contributed by atoms with Gasteiger partial charge in [-0.3, -0.25) is 9.59 Å². The minimum Gasteiger partial charge on any atom is -0.326 e. The monoisotopic (exact) mass is 320 g/mol. The quantitative estimate of drug-likeness (QED) is 0.769. The zero-order valence-corrected chi connectivity index (χ0v) is 13.8. The van der Waals surface area contributed by atoms with Crippen molar-refractivity contribution in [2.45, 2.75) is 26.7 Å². The molecule has 3 rings (SSSR count). The lowest BCUT2D eigenvalue weighted by Gasteiger charge is -2.06. The molecular weight excluding hydrogens is 300 g/mol. The molecule has 24 heavy (non-hydrogen) atoms. The SMILES string of the molecule is Cc1ccc(NC(=O)CCc2cc3cc(C)ccc3[nH]c2=O)cc1. The fourth-order valence-electron chi connectivity index (χ4n) is 2.67. The Bertz CT molecular complexity index is 940. The molecule has 0 unspecified atom stereocenters. The summed E-state index contributed by atoms with van der Waals surface area (Å²) in [6, 6.07) is 15.4. The molecule has 2 aromatic carbocycles. The molecule has 0 bridgehead atoms. The van der Waals surface area contributed by atoms with Crippen LogP contribution >= 0.6 is 0 Å². The summed E-state index contributed by atoms with van der Waals surface area (Å²) in [7, 11) is 0. The number of anilines is 1. The highest BCUT2D eigenvalue weighted by molar-refractivity contribution is 5.91. The lowest BCUT2D eigenvalue weighted by molar-refractivity contribution is -0.116. The van der Waals surface area contributed by atoms with Gasteiger partial charge in [0, 0.05) is 23.2 Å². The Labute approximate surface area is 140 Å². The molecule has 0 aliphatic carbocycles. The average Bonchev–Trinajstić information content (AvgIpc) is 2.55. The third-order valence-corrected chi connectivity index (χ3v) is 4.03. The van der Waals surface area contributed by atoms with Crippen molar-refractivity contribution >= 4 is 22.5 Å². The van der Waals surface area contributed by atoms with Gasteiger partial charge >= 0.3 is 0 Å². The number of nitrogens with one attached hydrogen (secondary N) is 2. The molecule has 1 amide bonds. The van der Waals surface area contributed by atoms with Crippen LogP contribution in [0.2, 0.25) is 0 Å². The molecule has 0 radical (unpaired) electrons. The molecule has 1 aromatic heterocycles. The zero-order valence-electron chi connectivity index (χ0n) is 13.8. The van der Waals surface area contributed by atoms with E-state index < -0.39 is 0 Å². The van der Waals surface area contributed by atoms with Crippen molar-refractivity contribution in [1.29, 1.82) is 0 Å². The van der Waals surface area contributed by atoms with Crippen LogP contribution in [0.5, 0.6) is 0 Å². The largest absolute Gasteiger partial charge is 0.326 e. The Morgan fingerprint density at radius 2 is 1.71 bits per heavy atom. The van der Waals surface area contributed by atoms with Gasteiger partial charge in [0.15, 0.2) is 0 Å². The topological polar surface area (TPSA) is 62.0 Å². The molecule has 0 saturated heterocycles. The molecule has 122 valence electrons. The van der Waals surface area contributed by atoms with Crippen LogP contribution in [0.3, 0.4) is 0 Å². The van der Waals surface area contributed by atoms with Gasteiger partial charge in [-0.2, -0.15) is 0 Å². The van der Waals surface area contributed by atoms with Gasteiger partial charge in [0.1, 0.15) is 0 Å². The number of carbonyl (C=O) groups is 1. The van der Waals surface area contributed by atoms with E-state index in [1.807, 2.05) is 62.4 Å². The van der Waals surface area contributed by atoms with E-state index in [-0.39, 0.29) is 17.9 Å². The Balaban J connectivity index is 1.70. The van der Waals surface area contributed by atoms with Crippen molar-refractivity contribution in [3.05, 3.63) is 75.6 Å².